The van der Waals surface area contributed by atoms with Crippen LogP contribution in [-0.2, 0) is 125 Å². The van der Waals surface area contributed by atoms with Crippen molar-refractivity contribution in [1.82, 2.24) is 24.7 Å². The summed E-state index contributed by atoms with van der Waals surface area (Å²) in [6, 6.07) is 42.4. The van der Waals surface area contributed by atoms with E-state index in [-0.39, 0.29) is 94.3 Å². The highest BCUT2D eigenvalue weighted by molar-refractivity contribution is 7.95. The highest BCUT2D eigenvalue weighted by atomic mass is 32.2. The molecule has 794 valence electrons. The third kappa shape index (κ3) is 24.8. The zero-order chi connectivity index (χ0) is 104. The molecule has 30 heteroatoms. The van der Waals surface area contributed by atoms with E-state index in [0.717, 1.165) is 175 Å². The lowest BCUT2D eigenvalue weighted by Crippen LogP contribution is -2.49. The van der Waals surface area contributed by atoms with Crippen molar-refractivity contribution < 1.29 is 74.6 Å². The number of fused-ring (bicyclic) bond motifs is 12. The van der Waals surface area contributed by atoms with Crippen molar-refractivity contribution in [1.29, 1.82) is 0 Å². The molecule has 150 heavy (non-hydrogen) atoms. The number of hydrogen-bond donors (Lipinski definition) is 0. The summed E-state index contributed by atoms with van der Waals surface area (Å²) in [5, 5.41) is 4.10. The molecule has 21 rings (SSSR count). The normalized spacial score (nSPS) is 28.6. The van der Waals surface area contributed by atoms with Gasteiger partial charge >= 0.3 is 5.97 Å². The Hall–Kier alpha value is -11.7. The molecule has 3 amide bonds. The fourth-order valence-electron chi connectivity index (χ4n) is 25.2. The van der Waals surface area contributed by atoms with Crippen molar-refractivity contribution >= 4 is 81.5 Å². The van der Waals surface area contributed by atoms with Crippen LogP contribution >= 0.6 is 0 Å². The molecule has 3 spiro atoms. The Morgan fingerprint density at radius 2 is 0.827 bits per heavy atom. The minimum atomic E-state index is -3.28. The van der Waals surface area contributed by atoms with Gasteiger partial charge in [0.1, 0.15) is 41.2 Å². The lowest BCUT2D eigenvalue weighted by Gasteiger charge is -2.46. The van der Waals surface area contributed by atoms with Crippen LogP contribution in [0.25, 0.3) is 0 Å². The number of amides is 3. The summed E-state index contributed by atoms with van der Waals surface area (Å²) in [6.45, 7) is 12.9. The molecule has 3 aromatic heterocycles. The lowest BCUT2D eigenvalue weighted by molar-refractivity contribution is -0.142. The van der Waals surface area contributed by atoms with Gasteiger partial charge in [-0.2, -0.15) is 18.2 Å². The van der Waals surface area contributed by atoms with E-state index in [9.17, 15) is 41.4 Å². The molecule has 6 bridgehead atoms. The molecule has 0 unspecified atom stereocenters. The molecule has 0 N–H and O–H groups in total. The van der Waals surface area contributed by atoms with Crippen LogP contribution in [0.1, 0.15) is 227 Å². The van der Waals surface area contributed by atoms with Crippen LogP contribution < -0.4 is 28.9 Å². The number of rotatable bonds is 17. The number of benzene rings is 6. The Balaban J connectivity index is 0.000000141. The van der Waals surface area contributed by atoms with Crippen LogP contribution in [0.15, 0.2) is 214 Å². The first-order valence-electron chi connectivity index (χ1n) is 54.2. The van der Waals surface area contributed by atoms with Crippen molar-refractivity contribution in [3.63, 3.8) is 0 Å². The third-order valence-electron chi connectivity index (χ3n) is 33.7. The molecule has 6 aromatic carbocycles. The Labute approximate surface area is 884 Å². The number of ether oxygens (including phenoxy) is 7. The van der Waals surface area contributed by atoms with Gasteiger partial charge in [0, 0.05) is 168 Å². The van der Waals surface area contributed by atoms with Crippen LogP contribution in [0.3, 0.4) is 0 Å². The highest BCUT2D eigenvalue weighted by Crippen LogP contribution is 2.53. The minimum Gasteiger partial charge on any atom is -0.490 e. The van der Waals surface area contributed by atoms with Gasteiger partial charge in [-0.15, -0.1) is 0 Å². The van der Waals surface area contributed by atoms with Crippen LogP contribution in [0.4, 0.5) is 17.1 Å². The number of esters is 1. The number of pyridine rings is 1. The zero-order valence-corrected chi connectivity index (χ0v) is 90.4. The highest BCUT2D eigenvalue weighted by Gasteiger charge is 2.50. The summed E-state index contributed by atoms with van der Waals surface area (Å²) in [5.41, 5.74) is 17.6. The smallest absolute Gasteiger partial charge is 0.319 e. The van der Waals surface area contributed by atoms with Crippen molar-refractivity contribution in [2.75, 3.05) is 130 Å². The number of aryl methyl sites for hydroxylation is 9. The van der Waals surface area contributed by atoms with E-state index < -0.39 is 58.6 Å². The van der Waals surface area contributed by atoms with Crippen LogP contribution in [0.5, 0.6) is 17.2 Å². The number of ketones is 2. The molecule has 0 radical (unpaired) electrons. The molecule has 15 atom stereocenters. The number of methoxy groups -OCH3 is 3. The molecule has 6 aliphatic heterocycles. The van der Waals surface area contributed by atoms with E-state index in [1.807, 2.05) is 48.5 Å². The zero-order valence-electron chi connectivity index (χ0n) is 87.9. The van der Waals surface area contributed by atoms with Crippen molar-refractivity contribution in [2.45, 2.75) is 222 Å². The molecular formula is C120H145N11O16S3. The number of anilines is 3. The Morgan fingerprint density at radius 3 is 1.19 bits per heavy atom. The fraction of sp³-hybridized carbons (Fsp3) is 0.500. The van der Waals surface area contributed by atoms with E-state index in [0.29, 0.717) is 135 Å². The number of Topliss-reactive ketones (excluding diaryl/α,β-unsaturated/α-hetero) is 2. The molecule has 3 fully saturated rings. The third-order valence-corrected chi connectivity index (χ3v) is 40.2. The van der Waals surface area contributed by atoms with E-state index in [1.165, 1.54) is 50.1 Å². The molecule has 6 aliphatic carbocycles. The molecule has 12 aliphatic rings. The number of carbonyl (C=O) groups is 6. The van der Waals surface area contributed by atoms with Gasteiger partial charge in [0.05, 0.1) is 107 Å². The number of aromatic nitrogens is 5. The first-order chi connectivity index (χ1) is 72.6. The largest absolute Gasteiger partial charge is 0.490 e. The average Bonchev–Trinajstić information content (AvgIpc) is 1.64. The van der Waals surface area contributed by atoms with Crippen molar-refractivity contribution in [2.24, 2.45) is 55.6 Å². The first-order valence-corrected chi connectivity index (χ1v) is 59.7. The summed E-state index contributed by atoms with van der Waals surface area (Å²) >= 11 is 0. The van der Waals surface area contributed by atoms with Gasteiger partial charge in [0.2, 0.25) is 0 Å². The van der Waals surface area contributed by atoms with Gasteiger partial charge in [-0.3, -0.25) is 48.4 Å². The van der Waals surface area contributed by atoms with E-state index in [4.69, 9.17) is 33.2 Å². The summed E-state index contributed by atoms with van der Waals surface area (Å²) in [7, 11) is -2.49. The molecule has 9 heterocycles. The Morgan fingerprint density at radius 1 is 0.433 bits per heavy atom. The number of nitrogens with zero attached hydrogens (tertiary/aromatic N) is 11. The minimum absolute atomic E-state index is 0.00562. The first kappa shape index (κ1) is 107. The second-order valence-electron chi connectivity index (χ2n) is 44.0. The molecule has 9 aromatic rings. The maximum atomic E-state index is 14.4. The average molecular weight is 2090 g/mol. The van der Waals surface area contributed by atoms with Gasteiger partial charge < -0.3 is 47.9 Å². The summed E-state index contributed by atoms with van der Waals surface area (Å²) in [4.78, 5) is 101. The Bertz CT molecular complexity index is 6710. The van der Waals surface area contributed by atoms with Gasteiger partial charge in [-0.1, -0.05) is 108 Å². The van der Waals surface area contributed by atoms with Gasteiger partial charge in [-0.05, 0) is 316 Å². The summed E-state index contributed by atoms with van der Waals surface area (Å²) < 4.78 is 101. The second kappa shape index (κ2) is 47.3. The molecule has 0 saturated heterocycles. The summed E-state index contributed by atoms with van der Waals surface area (Å²) in [5.74, 6) is 1.39. The standard InChI is InChI=1S/C41H49N3O5S.C40H48N4O5S.C39H48N4O6S/c1-29-9-15-36-31(23-29)7-6-19-41(36)27-44-25-33-11-14-35(33)38(48-2)8-4-3-5-22-50(47,26-34(45)13-10-30-17-20-42-21-18-30)43-40(46)32-12-16-39(49-28-41)37(44)24-32;1-28-9-15-35-29(21-28)7-6-17-40(35)26-44-24-31-10-14-34(31)37(48-2)8-4-3-5-20-50(47,25-33(45)13-12-32-23-41-18-19-42-32)43-39(46)30-11-16-38(49-27-40)36(44)22-30;1-27-10-14-33-28(20-27)8-7-17-39(33)25-43-22-30-11-13-32(30)35(47-3)9-5-4-6-19-50(46,24-37(44)48-23-31-16-18-40-42(31)2)41-38(45)29-12-15-36(49-26-39)34(43)21-29/h4,8-9,12,15-18,20-21,23-24,33,35,38H,3,5-7,10-11,13-14,19,22,25-28H2,1-2H3;4,8-9,11,15-16,18-19,21-23,31,34,37H,3,5-7,10,12-14,17,20,24-27H2,1-2H3;5,9-10,12,14-16,18,20-21,30,32,35H,4,6-8,11,13,17,19,22-26H2,1-3H3/b2*8-4+;9-5+/t33-,35+,38-,41-,50+;31-,34+,37-,40-,50+;30-,32+,35-,39-,50+/m000/s1. The maximum Gasteiger partial charge on any atom is 0.319 e. The van der Waals surface area contributed by atoms with Crippen molar-refractivity contribution in [3.05, 3.63) is 285 Å². The van der Waals surface area contributed by atoms with E-state index in [1.54, 1.807) is 94.5 Å². The molecule has 27 nitrogen and oxygen atoms in total. The van der Waals surface area contributed by atoms with Gasteiger partial charge in [0.15, 0.2) is 0 Å². The predicted octanol–water partition coefficient (Wildman–Crippen LogP) is 19.5. The molecular weight excluding hydrogens is 1950 g/mol. The van der Waals surface area contributed by atoms with E-state index in [2.05, 4.69) is 160 Å². The van der Waals surface area contributed by atoms with Gasteiger partial charge in [-0.25, -0.2) is 12.6 Å². The van der Waals surface area contributed by atoms with E-state index >= 15 is 0 Å². The van der Waals surface area contributed by atoms with Crippen LogP contribution in [0, 0.1) is 56.3 Å². The number of allylic oxidation sites excluding steroid dienone is 3. The second-order valence-corrected chi connectivity index (χ2v) is 51.3. The topological polar surface area (TPSA) is 322 Å². The number of hydrogen-bond acceptors (Lipinski definition) is 23. The van der Waals surface area contributed by atoms with Crippen LogP contribution in [-0.4, -0.2) is 206 Å². The Kier molecular flexibility index (Phi) is 33.7. The molecule has 3 saturated carbocycles. The van der Waals surface area contributed by atoms with Crippen LogP contribution in [0.2, 0.25) is 0 Å². The van der Waals surface area contributed by atoms with Gasteiger partial charge in [0.25, 0.3) is 17.7 Å². The predicted molar refractivity (Wildman–Crippen MR) is 586 cm³/mol. The fourth-order valence-corrected chi connectivity index (χ4v) is 30.9. The van der Waals surface area contributed by atoms with Crippen molar-refractivity contribution in [3.8, 4) is 17.2 Å². The summed E-state index contributed by atoms with van der Waals surface area (Å²) in [6.07, 6.45) is 43.6. The maximum absolute atomic E-state index is 14.4. The monoisotopic (exact) mass is 2090 g/mol. The SMILES string of the molecule is CO[C@H]1/C=C/CCC[S@@](=O)(CC(=O)CCc2ccncc2)=NC(=O)c2ccc3c(c2)N(C[C@@H]2CC[C@H]21)C[C@@]1(CCCc2cc(C)ccc21)CO3.CO[C@H]1/C=C/CCC[S@@](=O)(CC(=O)CCc2cnccn2)=NC(=O)c2ccc3c(c2)N(C[C@@H]2CC[C@H]21)C[C@@]1(CCCc2cc(C)ccc21)CO3.CO[C@H]1/C=C/CCC[S@@](=O)(CC(=O)OCc2ccnn2C)=NC(=O)c2ccc3c(c2)N(C[C@@H]2CC[C@H]21)C[C@@]1(CCCc2cc(C)ccc21)CO3. The lowest BCUT2D eigenvalue weighted by atomic mass is 9.68. The quantitative estimate of drug-likeness (QED) is 0.0604. The number of carbonyl (C=O) groups excluding carboxylic acids is 6.